The molecule has 1 nitrogen and oxygen atoms in total. The Hall–Kier alpha value is -0.300. The first kappa shape index (κ1) is 4.85. The Morgan fingerprint density at radius 2 is 1.86 bits per heavy atom. The van der Waals surface area contributed by atoms with Gasteiger partial charge in [-0.2, -0.15) is 0 Å². The molecule has 0 amide bonds. The van der Waals surface area contributed by atoms with Crippen molar-refractivity contribution in [1.29, 1.82) is 0 Å². The van der Waals surface area contributed by atoms with Gasteiger partial charge in [0.1, 0.15) is 0 Å². The van der Waals surface area contributed by atoms with Crippen molar-refractivity contribution >= 4 is 0 Å². The lowest BCUT2D eigenvalue weighted by atomic mass is 10.0. The van der Waals surface area contributed by atoms with E-state index in [2.05, 4.69) is 19.1 Å². The molecule has 0 aromatic rings. The normalized spacial score (nSPS) is 26.0. The van der Waals surface area contributed by atoms with Crippen LogP contribution in [0, 0.1) is 0 Å². The van der Waals surface area contributed by atoms with Gasteiger partial charge in [-0.05, 0) is 19.8 Å². The van der Waals surface area contributed by atoms with Gasteiger partial charge in [0.25, 0.3) is 0 Å². The van der Waals surface area contributed by atoms with Gasteiger partial charge in [-0.3, -0.25) is 0 Å². The highest BCUT2D eigenvalue weighted by Crippen LogP contribution is 2.18. The molecule has 0 saturated heterocycles. The topological polar surface area (TPSA) is 26.0 Å². The SMILES string of the molecule is CC1(N)CC=CC1. The lowest BCUT2D eigenvalue weighted by Crippen LogP contribution is -2.31. The third-order valence-electron chi connectivity index (χ3n) is 1.33. The second-order valence-electron chi connectivity index (χ2n) is 2.53. The standard InChI is InChI=1S/C6H11N/c1-6(7)4-2-3-5-6/h2-3H,4-5,7H2,1H3. The Labute approximate surface area is 44.2 Å². The molecule has 1 heteroatoms. The summed E-state index contributed by atoms with van der Waals surface area (Å²) < 4.78 is 0. The summed E-state index contributed by atoms with van der Waals surface area (Å²) in [4.78, 5) is 0. The third kappa shape index (κ3) is 1.03. The highest BCUT2D eigenvalue weighted by atomic mass is 14.7. The molecule has 0 aliphatic heterocycles. The largest absolute Gasteiger partial charge is 0.325 e. The van der Waals surface area contributed by atoms with Gasteiger partial charge < -0.3 is 5.73 Å². The van der Waals surface area contributed by atoms with Crippen LogP contribution in [0.3, 0.4) is 0 Å². The number of hydrogen-bond acceptors (Lipinski definition) is 1. The summed E-state index contributed by atoms with van der Waals surface area (Å²) in [5.74, 6) is 0. The minimum Gasteiger partial charge on any atom is -0.325 e. The van der Waals surface area contributed by atoms with E-state index in [1.807, 2.05) is 0 Å². The molecular weight excluding hydrogens is 86.1 g/mol. The molecule has 2 N–H and O–H groups in total. The second-order valence-corrected chi connectivity index (χ2v) is 2.53. The zero-order valence-electron chi connectivity index (χ0n) is 4.65. The zero-order valence-corrected chi connectivity index (χ0v) is 4.65. The summed E-state index contributed by atoms with van der Waals surface area (Å²) >= 11 is 0. The Morgan fingerprint density at radius 3 is 2.00 bits per heavy atom. The van der Waals surface area contributed by atoms with E-state index < -0.39 is 0 Å². The van der Waals surface area contributed by atoms with Crippen LogP contribution in [0.5, 0.6) is 0 Å². The maximum atomic E-state index is 5.72. The van der Waals surface area contributed by atoms with Crippen LogP contribution in [0.15, 0.2) is 12.2 Å². The Morgan fingerprint density at radius 1 is 1.43 bits per heavy atom. The average Bonchev–Trinajstić information content (AvgIpc) is 1.84. The lowest BCUT2D eigenvalue weighted by Gasteiger charge is -2.14. The van der Waals surface area contributed by atoms with Crippen LogP contribution < -0.4 is 5.73 Å². The minimum atomic E-state index is 0.0833. The summed E-state index contributed by atoms with van der Waals surface area (Å²) in [6.07, 6.45) is 6.38. The summed E-state index contributed by atoms with van der Waals surface area (Å²) in [6, 6.07) is 0. The van der Waals surface area contributed by atoms with Crippen molar-refractivity contribution in [2.75, 3.05) is 0 Å². The van der Waals surface area contributed by atoms with E-state index in [1.165, 1.54) is 0 Å². The molecule has 0 heterocycles. The quantitative estimate of drug-likeness (QED) is 0.449. The highest BCUT2D eigenvalue weighted by molar-refractivity contribution is 5.03. The molecular formula is C6H11N. The van der Waals surface area contributed by atoms with E-state index in [4.69, 9.17) is 5.73 Å². The molecule has 1 aliphatic rings. The molecule has 1 aliphatic carbocycles. The van der Waals surface area contributed by atoms with Gasteiger partial charge in [0.2, 0.25) is 0 Å². The van der Waals surface area contributed by atoms with E-state index in [0.717, 1.165) is 12.8 Å². The molecule has 0 aromatic carbocycles. The Balaban J connectivity index is 2.49. The van der Waals surface area contributed by atoms with E-state index in [9.17, 15) is 0 Å². The van der Waals surface area contributed by atoms with Gasteiger partial charge in [-0.1, -0.05) is 12.2 Å². The van der Waals surface area contributed by atoms with Gasteiger partial charge >= 0.3 is 0 Å². The Kier molecular flexibility index (Phi) is 0.927. The van der Waals surface area contributed by atoms with Gasteiger partial charge in [-0.25, -0.2) is 0 Å². The highest BCUT2D eigenvalue weighted by Gasteiger charge is 2.17. The van der Waals surface area contributed by atoms with Crippen LogP contribution >= 0.6 is 0 Å². The van der Waals surface area contributed by atoms with Gasteiger partial charge in [0.15, 0.2) is 0 Å². The van der Waals surface area contributed by atoms with E-state index >= 15 is 0 Å². The van der Waals surface area contributed by atoms with Crippen LogP contribution in [0.4, 0.5) is 0 Å². The van der Waals surface area contributed by atoms with Crippen LogP contribution in [0.1, 0.15) is 19.8 Å². The fraction of sp³-hybridized carbons (Fsp3) is 0.667. The maximum Gasteiger partial charge on any atom is 0.0195 e. The van der Waals surface area contributed by atoms with Gasteiger partial charge in [0.05, 0.1) is 0 Å². The number of nitrogens with two attached hydrogens (primary N) is 1. The molecule has 0 fully saturated rings. The first-order valence-corrected chi connectivity index (χ1v) is 2.65. The maximum absolute atomic E-state index is 5.72. The summed E-state index contributed by atoms with van der Waals surface area (Å²) in [5, 5.41) is 0. The van der Waals surface area contributed by atoms with Crippen molar-refractivity contribution in [2.45, 2.75) is 25.3 Å². The predicted octanol–water partition coefficient (Wildman–Crippen LogP) is 1.05. The van der Waals surface area contributed by atoms with Crippen molar-refractivity contribution < 1.29 is 0 Å². The predicted molar refractivity (Wildman–Crippen MR) is 31.0 cm³/mol. The summed E-state index contributed by atoms with van der Waals surface area (Å²) in [5.41, 5.74) is 5.80. The van der Waals surface area contributed by atoms with Crippen molar-refractivity contribution in [1.82, 2.24) is 0 Å². The van der Waals surface area contributed by atoms with E-state index in [0.29, 0.717) is 0 Å². The van der Waals surface area contributed by atoms with Gasteiger partial charge in [-0.15, -0.1) is 0 Å². The molecule has 0 radical (unpaired) electrons. The molecule has 7 heavy (non-hydrogen) atoms. The lowest BCUT2D eigenvalue weighted by molar-refractivity contribution is 0.506. The van der Waals surface area contributed by atoms with Crippen LogP contribution in [-0.4, -0.2) is 5.54 Å². The molecule has 1 rings (SSSR count). The van der Waals surface area contributed by atoms with E-state index in [1.54, 1.807) is 0 Å². The summed E-state index contributed by atoms with van der Waals surface area (Å²) in [6.45, 7) is 2.08. The average molecular weight is 97.2 g/mol. The fourth-order valence-corrected chi connectivity index (χ4v) is 0.788. The molecule has 0 saturated carbocycles. The second kappa shape index (κ2) is 1.34. The molecule has 0 bridgehead atoms. The smallest absolute Gasteiger partial charge is 0.0195 e. The van der Waals surface area contributed by atoms with Gasteiger partial charge in [0, 0.05) is 5.54 Å². The van der Waals surface area contributed by atoms with E-state index in [-0.39, 0.29) is 5.54 Å². The minimum absolute atomic E-state index is 0.0833. The monoisotopic (exact) mass is 97.1 g/mol. The third-order valence-corrected chi connectivity index (χ3v) is 1.33. The van der Waals surface area contributed by atoms with Crippen molar-refractivity contribution in [3.63, 3.8) is 0 Å². The fourth-order valence-electron chi connectivity index (χ4n) is 0.788. The van der Waals surface area contributed by atoms with Crippen molar-refractivity contribution in [3.05, 3.63) is 12.2 Å². The molecule has 0 unspecified atom stereocenters. The van der Waals surface area contributed by atoms with Crippen LogP contribution in [-0.2, 0) is 0 Å². The first-order chi connectivity index (χ1) is 3.21. The molecule has 0 spiro atoms. The summed E-state index contributed by atoms with van der Waals surface area (Å²) in [7, 11) is 0. The molecule has 0 aromatic heterocycles. The number of rotatable bonds is 0. The van der Waals surface area contributed by atoms with Crippen LogP contribution in [0.25, 0.3) is 0 Å². The molecule has 40 valence electrons. The van der Waals surface area contributed by atoms with Crippen molar-refractivity contribution in [3.8, 4) is 0 Å². The van der Waals surface area contributed by atoms with Crippen LogP contribution in [0.2, 0.25) is 0 Å². The Bertz CT molecular complexity index is 82.4. The molecule has 0 atom stereocenters. The van der Waals surface area contributed by atoms with Crippen molar-refractivity contribution in [2.24, 2.45) is 5.73 Å². The number of hydrogen-bond donors (Lipinski definition) is 1. The zero-order chi connectivity index (χ0) is 5.33. The first-order valence-electron chi connectivity index (χ1n) is 2.65.